The van der Waals surface area contributed by atoms with Crippen LogP contribution in [0.2, 0.25) is 0 Å². The topological polar surface area (TPSA) is 75.7 Å². The highest BCUT2D eigenvalue weighted by atomic mass is 19.1. The van der Waals surface area contributed by atoms with Gasteiger partial charge in [0, 0.05) is 0 Å². The molecule has 3 rings (SSSR count). The number of halogens is 1. The highest BCUT2D eigenvalue weighted by Crippen LogP contribution is 2.17. The van der Waals surface area contributed by atoms with Gasteiger partial charge in [0.25, 0.3) is 0 Å². The first-order chi connectivity index (χ1) is 9.84. The van der Waals surface area contributed by atoms with Crippen LogP contribution >= 0.6 is 0 Å². The molecule has 0 aliphatic heterocycles. The molecule has 2 N–H and O–H groups in total. The van der Waals surface area contributed by atoms with Gasteiger partial charge in [-0.1, -0.05) is 12.1 Å². The van der Waals surface area contributed by atoms with E-state index in [9.17, 15) is 4.39 Å². The van der Waals surface area contributed by atoms with Gasteiger partial charge in [0.1, 0.15) is 18.8 Å². The number of hydrogen-bond acceptors (Lipinski definition) is 5. The van der Waals surface area contributed by atoms with Crippen molar-refractivity contribution < 1.29 is 9.13 Å². The van der Waals surface area contributed by atoms with E-state index in [4.69, 9.17) is 4.74 Å². The van der Waals surface area contributed by atoms with Crippen molar-refractivity contribution in [2.75, 3.05) is 18.5 Å². The number of hydrogen-bond donors (Lipinski definition) is 2. The van der Waals surface area contributed by atoms with Crippen LogP contribution in [0.4, 0.5) is 10.2 Å². The molecule has 0 aliphatic carbocycles. The lowest BCUT2D eigenvalue weighted by atomic mass is 10.3. The van der Waals surface area contributed by atoms with Crippen molar-refractivity contribution in [1.29, 1.82) is 0 Å². The van der Waals surface area contributed by atoms with Crippen LogP contribution in [0.1, 0.15) is 0 Å². The molecule has 0 aliphatic rings. The van der Waals surface area contributed by atoms with E-state index in [-0.39, 0.29) is 11.6 Å². The number of fused-ring (bicyclic) bond motifs is 1. The lowest BCUT2D eigenvalue weighted by Crippen LogP contribution is -2.13. The van der Waals surface area contributed by atoms with Crippen molar-refractivity contribution >= 4 is 16.9 Å². The zero-order valence-corrected chi connectivity index (χ0v) is 10.5. The molecule has 0 radical (unpaired) electrons. The van der Waals surface area contributed by atoms with Gasteiger partial charge in [0.15, 0.2) is 17.2 Å². The van der Waals surface area contributed by atoms with Gasteiger partial charge in [0.2, 0.25) is 0 Å². The second kappa shape index (κ2) is 5.52. The molecule has 2 aromatic heterocycles. The van der Waals surface area contributed by atoms with Crippen molar-refractivity contribution in [3.8, 4) is 5.75 Å². The monoisotopic (exact) mass is 273 g/mol. The summed E-state index contributed by atoms with van der Waals surface area (Å²) in [5.41, 5.74) is 0.664. The van der Waals surface area contributed by atoms with Crippen molar-refractivity contribution in [2.24, 2.45) is 0 Å². The Balaban J connectivity index is 1.58. The van der Waals surface area contributed by atoms with E-state index < -0.39 is 0 Å². The predicted molar refractivity (Wildman–Crippen MR) is 72.1 cm³/mol. The first kappa shape index (κ1) is 12.3. The van der Waals surface area contributed by atoms with Gasteiger partial charge < -0.3 is 10.1 Å². The molecule has 2 heterocycles. The van der Waals surface area contributed by atoms with Crippen molar-refractivity contribution in [1.82, 2.24) is 20.2 Å². The fraction of sp³-hybridized carbons (Fsp3) is 0.154. The third-order valence-electron chi connectivity index (χ3n) is 2.74. The van der Waals surface area contributed by atoms with Crippen molar-refractivity contribution in [3.05, 3.63) is 42.6 Å². The summed E-state index contributed by atoms with van der Waals surface area (Å²) in [6.07, 6.45) is 3.09. The molecule has 0 bridgehead atoms. The SMILES string of the molecule is Fc1ccccc1OCCNc1ncnc2[nH]ncc12. The Hall–Kier alpha value is -2.70. The fourth-order valence-corrected chi connectivity index (χ4v) is 1.80. The molecule has 0 fully saturated rings. The van der Waals surface area contributed by atoms with Crippen molar-refractivity contribution in [2.45, 2.75) is 0 Å². The summed E-state index contributed by atoms with van der Waals surface area (Å²) in [4.78, 5) is 8.17. The Bertz CT molecular complexity index is 715. The van der Waals surface area contributed by atoms with Gasteiger partial charge in [0.05, 0.1) is 18.1 Å². The molecule has 6 nitrogen and oxygen atoms in total. The number of rotatable bonds is 5. The minimum atomic E-state index is -0.369. The summed E-state index contributed by atoms with van der Waals surface area (Å²) in [5, 5.41) is 10.6. The molecular formula is C13H12FN5O. The normalized spacial score (nSPS) is 10.7. The average Bonchev–Trinajstić information content (AvgIpc) is 2.94. The summed E-state index contributed by atoms with van der Waals surface area (Å²) in [6, 6.07) is 6.30. The number of nitrogens with one attached hydrogen (secondary N) is 2. The van der Waals surface area contributed by atoms with Crippen molar-refractivity contribution in [3.63, 3.8) is 0 Å². The molecule has 0 spiro atoms. The van der Waals surface area contributed by atoms with Crippen LogP contribution in [-0.4, -0.2) is 33.3 Å². The minimum absolute atomic E-state index is 0.241. The number of aromatic amines is 1. The third-order valence-corrected chi connectivity index (χ3v) is 2.74. The van der Waals surface area contributed by atoms with Gasteiger partial charge in [-0.05, 0) is 12.1 Å². The van der Waals surface area contributed by atoms with Crippen LogP contribution in [0.15, 0.2) is 36.8 Å². The number of benzene rings is 1. The highest BCUT2D eigenvalue weighted by molar-refractivity contribution is 5.85. The van der Waals surface area contributed by atoms with Gasteiger partial charge in [-0.3, -0.25) is 5.10 Å². The molecule has 7 heteroatoms. The molecule has 102 valence electrons. The Kier molecular flexibility index (Phi) is 3.40. The van der Waals surface area contributed by atoms with Crippen LogP contribution < -0.4 is 10.1 Å². The van der Waals surface area contributed by atoms with E-state index >= 15 is 0 Å². The summed E-state index contributed by atoms with van der Waals surface area (Å²) >= 11 is 0. The largest absolute Gasteiger partial charge is 0.489 e. The minimum Gasteiger partial charge on any atom is -0.489 e. The Morgan fingerprint density at radius 3 is 3.05 bits per heavy atom. The first-order valence-electron chi connectivity index (χ1n) is 6.10. The van der Waals surface area contributed by atoms with E-state index in [2.05, 4.69) is 25.5 Å². The molecule has 0 atom stereocenters. The van der Waals surface area contributed by atoms with Gasteiger partial charge >= 0.3 is 0 Å². The Morgan fingerprint density at radius 2 is 2.15 bits per heavy atom. The number of para-hydroxylation sites is 1. The van der Waals surface area contributed by atoms with E-state index in [1.54, 1.807) is 24.4 Å². The average molecular weight is 273 g/mol. The molecule has 20 heavy (non-hydrogen) atoms. The predicted octanol–water partition coefficient (Wildman–Crippen LogP) is 1.98. The fourth-order valence-electron chi connectivity index (χ4n) is 1.80. The summed E-state index contributed by atoms with van der Waals surface area (Å²) in [5.74, 6) is 0.540. The molecule has 3 aromatic rings. The number of ether oxygens (including phenoxy) is 1. The molecule has 0 amide bonds. The van der Waals surface area contributed by atoms with Gasteiger partial charge in [-0.2, -0.15) is 5.10 Å². The zero-order valence-electron chi connectivity index (χ0n) is 10.5. The number of anilines is 1. The van der Waals surface area contributed by atoms with Gasteiger partial charge in [-0.15, -0.1) is 0 Å². The van der Waals surface area contributed by atoms with Crippen LogP contribution in [0.25, 0.3) is 11.0 Å². The smallest absolute Gasteiger partial charge is 0.165 e. The molecular weight excluding hydrogens is 261 g/mol. The van der Waals surface area contributed by atoms with E-state index in [0.717, 1.165) is 5.39 Å². The Labute approximate surface area is 114 Å². The number of nitrogens with zero attached hydrogens (tertiary/aromatic N) is 3. The number of aromatic nitrogens is 4. The standard InChI is InChI=1S/C13H12FN5O/c14-10-3-1-2-4-11(10)20-6-5-15-12-9-7-18-19-13(9)17-8-16-12/h1-4,7-8H,5-6H2,(H2,15,16,17,18,19). The molecule has 0 saturated heterocycles. The van der Waals surface area contributed by atoms with Crippen LogP contribution in [0, 0.1) is 5.82 Å². The summed E-state index contributed by atoms with van der Waals surface area (Å²) in [7, 11) is 0. The van der Waals surface area contributed by atoms with Crippen LogP contribution in [-0.2, 0) is 0 Å². The van der Waals surface area contributed by atoms with E-state index in [1.165, 1.54) is 12.4 Å². The number of H-pyrrole nitrogens is 1. The van der Waals surface area contributed by atoms with Gasteiger partial charge in [-0.25, -0.2) is 14.4 Å². The quantitative estimate of drug-likeness (QED) is 0.695. The second-order valence-electron chi connectivity index (χ2n) is 4.06. The van der Waals surface area contributed by atoms with Crippen LogP contribution in [0.5, 0.6) is 5.75 Å². The summed E-state index contributed by atoms with van der Waals surface area (Å²) < 4.78 is 18.7. The van der Waals surface area contributed by atoms with E-state index in [0.29, 0.717) is 24.6 Å². The van der Waals surface area contributed by atoms with Crippen LogP contribution in [0.3, 0.4) is 0 Å². The molecule has 0 saturated carbocycles. The lowest BCUT2D eigenvalue weighted by Gasteiger charge is -2.08. The molecule has 0 unspecified atom stereocenters. The summed E-state index contributed by atoms with van der Waals surface area (Å²) in [6.45, 7) is 0.815. The Morgan fingerprint density at radius 1 is 1.25 bits per heavy atom. The zero-order chi connectivity index (χ0) is 13.8. The molecule has 1 aromatic carbocycles. The lowest BCUT2D eigenvalue weighted by molar-refractivity contribution is 0.315. The maximum absolute atomic E-state index is 13.3. The maximum atomic E-state index is 13.3. The van der Waals surface area contributed by atoms with E-state index in [1.807, 2.05) is 0 Å². The second-order valence-corrected chi connectivity index (χ2v) is 4.06. The first-order valence-corrected chi connectivity index (χ1v) is 6.10. The third kappa shape index (κ3) is 2.51. The maximum Gasteiger partial charge on any atom is 0.165 e. The highest BCUT2D eigenvalue weighted by Gasteiger charge is 2.05.